The Morgan fingerprint density at radius 3 is 2.65 bits per heavy atom. The van der Waals surface area contributed by atoms with Gasteiger partial charge in [-0.1, -0.05) is 0 Å². The smallest absolute Gasteiger partial charge is 0.220 e. The lowest BCUT2D eigenvalue weighted by molar-refractivity contribution is -0.256. The summed E-state index contributed by atoms with van der Waals surface area (Å²) in [5.41, 5.74) is 0. The average Bonchev–Trinajstić information content (AvgIpc) is 2.63. The number of aliphatic hydroxyl groups excluding tert-OH is 3. The van der Waals surface area contributed by atoms with Gasteiger partial charge in [-0.05, 0) is 19.8 Å². The van der Waals surface area contributed by atoms with E-state index in [2.05, 4.69) is 5.32 Å². The molecule has 0 aromatic heterocycles. The molecule has 1 amide bonds. The Morgan fingerprint density at radius 1 is 1.15 bits per heavy atom. The first-order valence-electron chi connectivity index (χ1n) is 9.24. The fraction of sp³-hybridized carbons (Fsp3) is 0.941. The van der Waals surface area contributed by atoms with Crippen molar-refractivity contribution in [2.45, 2.75) is 57.2 Å². The molecule has 9 heteroatoms. The van der Waals surface area contributed by atoms with Crippen molar-refractivity contribution < 1.29 is 39.1 Å². The molecule has 1 heterocycles. The van der Waals surface area contributed by atoms with E-state index in [1.54, 1.807) is 0 Å². The number of unbranched alkanes of at least 4 members (excludes halogenated alkanes) is 1. The van der Waals surface area contributed by atoms with Gasteiger partial charge in [-0.15, -0.1) is 0 Å². The second-order valence-electron chi connectivity index (χ2n) is 6.07. The summed E-state index contributed by atoms with van der Waals surface area (Å²) in [6, 6.07) is 0. The molecule has 26 heavy (non-hydrogen) atoms. The van der Waals surface area contributed by atoms with Crippen LogP contribution in [0.2, 0.25) is 0 Å². The number of ether oxygens (including phenoxy) is 4. The maximum absolute atomic E-state index is 11.7. The number of carbonyl (C=O) groups excluding carboxylic acids is 1. The van der Waals surface area contributed by atoms with Crippen LogP contribution in [0.4, 0.5) is 0 Å². The van der Waals surface area contributed by atoms with E-state index < -0.39 is 24.6 Å². The predicted molar refractivity (Wildman–Crippen MR) is 92.5 cm³/mol. The molecule has 4 N–H and O–H groups in total. The molecule has 1 saturated heterocycles. The lowest BCUT2D eigenvalue weighted by Gasteiger charge is -2.36. The molecule has 0 aromatic rings. The number of rotatable bonds is 14. The van der Waals surface area contributed by atoms with Crippen LogP contribution in [0.5, 0.6) is 0 Å². The van der Waals surface area contributed by atoms with Gasteiger partial charge < -0.3 is 39.6 Å². The van der Waals surface area contributed by atoms with Gasteiger partial charge in [0.25, 0.3) is 0 Å². The first kappa shape index (κ1) is 23.2. The highest BCUT2D eigenvalue weighted by Gasteiger charge is 2.36. The number of hydrogen-bond donors (Lipinski definition) is 4. The van der Waals surface area contributed by atoms with Crippen molar-refractivity contribution in [3.63, 3.8) is 0 Å². The molecule has 1 aliphatic heterocycles. The Balaban J connectivity index is 1.97. The monoisotopic (exact) mass is 379 g/mol. The first-order valence-corrected chi connectivity index (χ1v) is 9.24. The van der Waals surface area contributed by atoms with Crippen LogP contribution in [0.3, 0.4) is 0 Å². The molecular formula is C17H33NO8. The molecule has 4 atom stereocenters. The van der Waals surface area contributed by atoms with Crippen molar-refractivity contribution in [1.82, 2.24) is 5.32 Å². The van der Waals surface area contributed by atoms with Crippen LogP contribution in [-0.4, -0.2) is 92.0 Å². The molecule has 0 radical (unpaired) electrons. The molecule has 1 aliphatic rings. The van der Waals surface area contributed by atoms with Gasteiger partial charge in [0, 0.05) is 32.6 Å². The molecule has 0 saturated carbocycles. The molecule has 2 unspecified atom stereocenters. The zero-order chi connectivity index (χ0) is 19.2. The quantitative estimate of drug-likeness (QED) is 0.288. The van der Waals surface area contributed by atoms with Crippen molar-refractivity contribution in [2.24, 2.45) is 0 Å². The molecule has 0 spiro atoms. The SMILES string of the molecule is CCOCCOCCNC(=O)CCCCO[C@H]1C[C@@H](O)C(O)C(CO)O1. The Bertz CT molecular complexity index is 371. The molecule has 154 valence electrons. The molecule has 9 nitrogen and oxygen atoms in total. The molecule has 0 bridgehead atoms. The van der Waals surface area contributed by atoms with Crippen LogP contribution in [0.15, 0.2) is 0 Å². The second kappa shape index (κ2) is 14.3. The molecule has 0 aromatic carbocycles. The highest BCUT2D eigenvalue weighted by atomic mass is 16.7. The minimum Gasteiger partial charge on any atom is -0.394 e. The summed E-state index contributed by atoms with van der Waals surface area (Å²) in [5, 5.41) is 31.2. The third-order valence-corrected chi connectivity index (χ3v) is 3.96. The minimum absolute atomic E-state index is 0.0359. The highest BCUT2D eigenvalue weighted by Crippen LogP contribution is 2.21. The van der Waals surface area contributed by atoms with Crippen LogP contribution >= 0.6 is 0 Å². The molecule has 1 rings (SSSR count). The standard InChI is InChI=1S/C17H33NO8/c1-2-23-9-10-24-8-6-18-15(21)5-3-4-7-25-16-11-13(20)17(22)14(12-19)26-16/h13-14,16-17,19-20,22H,2-12H2,1H3,(H,18,21)/t13-,14?,16-,17?/m1/s1. The van der Waals surface area contributed by atoms with E-state index in [-0.39, 0.29) is 18.9 Å². The van der Waals surface area contributed by atoms with Crippen molar-refractivity contribution in [3.8, 4) is 0 Å². The first-order chi connectivity index (χ1) is 12.6. The second-order valence-corrected chi connectivity index (χ2v) is 6.07. The van der Waals surface area contributed by atoms with Gasteiger partial charge in [0.2, 0.25) is 5.91 Å². The summed E-state index contributed by atoms with van der Waals surface area (Å²) in [6.07, 6.45) is -1.70. The van der Waals surface area contributed by atoms with Gasteiger partial charge in [-0.25, -0.2) is 0 Å². The van der Waals surface area contributed by atoms with E-state index in [0.29, 0.717) is 58.8 Å². The molecule has 1 fully saturated rings. The highest BCUT2D eigenvalue weighted by molar-refractivity contribution is 5.75. The summed E-state index contributed by atoms with van der Waals surface area (Å²) in [6.45, 7) is 4.60. The van der Waals surface area contributed by atoms with Crippen molar-refractivity contribution in [1.29, 1.82) is 0 Å². The zero-order valence-electron chi connectivity index (χ0n) is 15.5. The summed E-state index contributed by atoms with van der Waals surface area (Å²) in [7, 11) is 0. The molecule has 0 aliphatic carbocycles. The van der Waals surface area contributed by atoms with Crippen molar-refractivity contribution in [2.75, 3.05) is 46.2 Å². The molecular weight excluding hydrogens is 346 g/mol. The number of nitrogens with one attached hydrogen (secondary N) is 1. The summed E-state index contributed by atoms with van der Waals surface area (Å²) < 4.78 is 21.3. The van der Waals surface area contributed by atoms with Crippen LogP contribution in [0, 0.1) is 0 Å². The van der Waals surface area contributed by atoms with E-state index in [0.717, 1.165) is 0 Å². The van der Waals surface area contributed by atoms with E-state index in [1.807, 2.05) is 6.92 Å². The Hall–Kier alpha value is -0.810. The van der Waals surface area contributed by atoms with Gasteiger partial charge in [0.15, 0.2) is 6.29 Å². The lowest BCUT2D eigenvalue weighted by atomic mass is 10.0. The van der Waals surface area contributed by atoms with E-state index in [9.17, 15) is 15.0 Å². The zero-order valence-corrected chi connectivity index (χ0v) is 15.5. The van der Waals surface area contributed by atoms with Crippen LogP contribution in [0.25, 0.3) is 0 Å². The largest absolute Gasteiger partial charge is 0.394 e. The van der Waals surface area contributed by atoms with Crippen LogP contribution < -0.4 is 5.32 Å². The van der Waals surface area contributed by atoms with Gasteiger partial charge in [-0.3, -0.25) is 4.79 Å². The van der Waals surface area contributed by atoms with Crippen molar-refractivity contribution in [3.05, 3.63) is 0 Å². The van der Waals surface area contributed by atoms with Gasteiger partial charge in [0.1, 0.15) is 12.2 Å². The maximum atomic E-state index is 11.7. The fourth-order valence-electron chi connectivity index (χ4n) is 2.49. The number of carbonyl (C=O) groups is 1. The van der Waals surface area contributed by atoms with Gasteiger partial charge >= 0.3 is 0 Å². The predicted octanol–water partition coefficient (Wildman–Crippen LogP) is -0.828. The third kappa shape index (κ3) is 9.77. The summed E-state index contributed by atoms with van der Waals surface area (Å²) >= 11 is 0. The Kier molecular flexibility index (Phi) is 12.8. The topological polar surface area (TPSA) is 127 Å². The number of hydrogen-bond acceptors (Lipinski definition) is 8. The number of aliphatic hydroxyl groups is 3. The number of amides is 1. The lowest BCUT2D eigenvalue weighted by Crippen LogP contribution is -2.50. The third-order valence-electron chi connectivity index (χ3n) is 3.96. The summed E-state index contributed by atoms with van der Waals surface area (Å²) in [4.78, 5) is 11.7. The maximum Gasteiger partial charge on any atom is 0.220 e. The normalized spacial score (nSPS) is 26.0. The van der Waals surface area contributed by atoms with Crippen LogP contribution in [-0.2, 0) is 23.7 Å². The summed E-state index contributed by atoms with van der Waals surface area (Å²) in [5.74, 6) is -0.0359. The van der Waals surface area contributed by atoms with Gasteiger partial charge in [0.05, 0.1) is 32.5 Å². The Labute approximate surface area is 154 Å². The van der Waals surface area contributed by atoms with Crippen molar-refractivity contribution >= 4 is 5.91 Å². The van der Waals surface area contributed by atoms with E-state index >= 15 is 0 Å². The van der Waals surface area contributed by atoms with E-state index in [4.69, 9.17) is 24.1 Å². The van der Waals surface area contributed by atoms with Gasteiger partial charge in [-0.2, -0.15) is 0 Å². The van der Waals surface area contributed by atoms with E-state index in [1.165, 1.54) is 0 Å². The fourth-order valence-corrected chi connectivity index (χ4v) is 2.49. The Morgan fingerprint density at radius 2 is 1.92 bits per heavy atom. The minimum atomic E-state index is -1.10. The van der Waals surface area contributed by atoms with Crippen LogP contribution in [0.1, 0.15) is 32.6 Å². The average molecular weight is 379 g/mol.